The molecule has 0 fully saturated rings. The minimum Gasteiger partial charge on any atom is -0.494 e. The molecule has 0 bridgehead atoms. The molecule has 0 unspecified atom stereocenters. The van der Waals surface area contributed by atoms with Gasteiger partial charge in [-0.25, -0.2) is 0 Å². The van der Waals surface area contributed by atoms with Crippen molar-refractivity contribution in [3.8, 4) is 17.7 Å². The molecule has 136 valence electrons. The number of methoxy groups -OCH3 is 1. The van der Waals surface area contributed by atoms with Gasteiger partial charge in [-0.15, -0.1) is 10.2 Å². The number of pyridine rings is 1. The second-order valence-electron chi connectivity index (χ2n) is 5.61. The second-order valence-corrected chi connectivity index (χ2v) is 6.05. The van der Waals surface area contributed by atoms with Gasteiger partial charge < -0.3 is 9.84 Å². The van der Waals surface area contributed by atoms with Gasteiger partial charge in [0.1, 0.15) is 23.1 Å². The molecule has 1 N–H and O–H groups in total. The first-order valence-corrected chi connectivity index (χ1v) is 8.44. The van der Waals surface area contributed by atoms with Crippen LogP contribution in [0.5, 0.6) is 11.6 Å². The van der Waals surface area contributed by atoms with E-state index >= 15 is 0 Å². The summed E-state index contributed by atoms with van der Waals surface area (Å²) in [6.07, 6.45) is 1.51. The fourth-order valence-electron chi connectivity index (χ4n) is 2.43. The molecular weight excluding hydrogens is 356 g/mol. The van der Waals surface area contributed by atoms with Gasteiger partial charge in [0.25, 0.3) is 5.56 Å². The third-order valence-electron chi connectivity index (χ3n) is 3.90. The van der Waals surface area contributed by atoms with Crippen LogP contribution >= 0.6 is 11.6 Å². The van der Waals surface area contributed by atoms with Crippen molar-refractivity contribution in [1.29, 1.82) is 5.26 Å². The zero-order valence-corrected chi connectivity index (χ0v) is 15.5. The van der Waals surface area contributed by atoms with Crippen LogP contribution in [0, 0.1) is 18.3 Å². The SMILES string of the molecule is CCCCn1c(O)c(C#N)c(C)c(N=Nc2cc(Cl)ccc2OC)c1=O. The van der Waals surface area contributed by atoms with Gasteiger partial charge in [-0.3, -0.25) is 9.36 Å². The summed E-state index contributed by atoms with van der Waals surface area (Å²) in [5.74, 6) is 0.101. The Morgan fingerprint density at radius 1 is 1.38 bits per heavy atom. The molecule has 0 aliphatic rings. The highest BCUT2D eigenvalue weighted by molar-refractivity contribution is 6.30. The molecule has 0 spiro atoms. The van der Waals surface area contributed by atoms with Crippen LogP contribution in [0.4, 0.5) is 11.4 Å². The van der Waals surface area contributed by atoms with Gasteiger partial charge in [0.2, 0.25) is 5.88 Å². The van der Waals surface area contributed by atoms with Crippen LogP contribution in [0.2, 0.25) is 5.02 Å². The monoisotopic (exact) mass is 374 g/mol. The van der Waals surface area contributed by atoms with Crippen LogP contribution in [0.1, 0.15) is 30.9 Å². The van der Waals surface area contributed by atoms with Gasteiger partial charge in [-0.05, 0) is 31.5 Å². The van der Waals surface area contributed by atoms with E-state index in [1.54, 1.807) is 25.1 Å². The van der Waals surface area contributed by atoms with Crippen molar-refractivity contribution >= 4 is 23.0 Å². The van der Waals surface area contributed by atoms with E-state index in [2.05, 4.69) is 10.2 Å². The first-order chi connectivity index (χ1) is 12.4. The highest BCUT2D eigenvalue weighted by atomic mass is 35.5. The first kappa shape index (κ1) is 19.5. The lowest BCUT2D eigenvalue weighted by atomic mass is 10.1. The summed E-state index contributed by atoms with van der Waals surface area (Å²) in [6.45, 7) is 3.81. The lowest BCUT2D eigenvalue weighted by Crippen LogP contribution is -2.22. The van der Waals surface area contributed by atoms with Crippen LogP contribution in [0.15, 0.2) is 33.2 Å². The fourth-order valence-corrected chi connectivity index (χ4v) is 2.59. The lowest BCUT2D eigenvalue weighted by Gasteiger charge is -2.12. The molecular formula is C18H19ClN4O3. The molecule has 1 aromatic heterocycles. The summed E-state index contributed by atoms with van der Waals surface area (Å²) in [4.78, 5) is 12.7. The molecule has 1 heterocycles. The van der Waals surface area contributed by atoms with Gasteiger partial charge in [0.05, 0.1) is 7.11 Å². The quantitative estimate of drug-likeness (QED) is 0.746. The molecule has 0 aliphatic heterocycles. The molecule has 0 saturated carbocycles. The number of aromatic nitrogens is 1. The van der Waals surface area contributed by atoms with Gasteiger partial charge in [0, 0.05) is 17.1 Å². The maximum atomic E-state index is 12.7. The van der Waals surface area contributed by atoms with Crippen molar-refractivity contribution in [1.82, 2.24) is 4.57 Å². The molecule has 0 atom stereocenters. The largest absolute Gasteiger partial charge is 0.494 e. The first-order valence-electron chi connectivity index (χ1n) is 8.06. The highest BCUT2D eigenvalue weighted by Crippen LogP contribution is 2.33. The molecule has 1 aromatic carbocycles. The number of halogens is 1. The topological polar surface area (TPSA) is 100.0 Å². The number of unbranched alkanes of at least 4 members (excludes halogenated alkanes) is 1. The summed E-state index contributed by atoms with van der Waals surface area (Å²) in [7, 11) is 1.49. The maximum absolute atomic E-state index is 12.7. The zero-order chi connectivity index (χ0) is 19.3. The minimum absolute atomic E-state index is 0.00233. The normalized spacial score (nSPS) is 10.9. The Balaban J connectivity index is 2.61. The Kier molecular flexibility index (Phi) is 6.36. The summed E-state index contributed by atoms with van der Waals surface area (Å²) in [5, 5.41) is 28.1. The number of rotatable bonds is 6. The lowest BCUT2D eigenvalue weighted by molar-refractivity contribution is 0.399. The molecule has 8 heteroatoms. The smallest absolute Gasteiger partial charge is 0.281 e. The molecule has 26 heavy (non-hydrogen) atoms. The number of azo groups is 1. The Hall–Kier alpha value is -2.85. The number of nitrogens with zero attached hydrogens (tertiary/aromatic N) is 4. The van der Waals surface area contributed by atoms with Gasteiger partial charge in [-0.2, -0.15) is 5.26 Å². The van der Waals surface area contributed by atoms with Crippen molar-refractivity contribution in [2.24, 2.45) is 10.2 Å². The molecule has 2 rings (SSSR count). The third-order valence-corrected chi connectivity index (χ3v) is 4.14. The van der Waals surface area contributed by atoms with E-state index in [9.17, 15) is 15.2 Å². The number of aromatic hydroxyl groups is 1. The van der Waals surface area contributed by atoms with Crippen molar-refractivity contribution in [3.63, 3.8) is 0 Å². The average molecular weight is 375 g/mol. The van der Waals surface area contributed by atoms with Crippen LogP contribution < -0.4 is 10.3 Å². The van der Waals surface area contributed by atoms with E-state index in [1.165, 1.54) is 7.11 Å². The van der Waals surface area contributed by atoms with Crippen molar-refractivity contribution in [3.05, 3.63) is 44.7 Å². The fraction of sp³-hybridized carbons (Fsp3) is 0.333. The number of hydrogen-bond acceptors (Lipinski definition) is 6. The molecule has 2 aromatic rings. The van der Waals surface area contributed by atoms with Crippen LogP contribution in [0.3, 0.4) is 0 Å². The summed E-state index contributed by atoms with van der Waals surface area (Å²) >= 11 is 5.97. The third kappa shape index (κ3) is 3.86. The van der Waals surface area contributed by atoms with E-state index < -0.39 is 5.56 Å². The number of nitriles is 1. The van der Waals surface area contributed by atoms with Gasteiger partial charge >= 0.3 is 0 Å². The van der Waals surface area contributed by atoms with Gasteiger partial charge in [-0.1, -0.05) is 24.9 Å². The molecule has 0 saturated heterocycles. The van der Waals surface area contributed by atoms with Gasteiger partial charge in [0.15, 0.2) is 5.69 Å². The number of ether oxygens (including phenoxy) is 1. The second kappa shape index (κ2) is 8.50. The van der Waals surface area contributed by atoms with Crippen LogP contribution in [-0.2, 0) is 6.54 Å². The van der Waals surface area contributed by atoms with E-state index in [0.717, 1.165) is 11.0 Å². The molecule has 0 radical (unpaired) electrons. The number of benzene rings is 1. The van der Waals surface area contributed by atoms with Crippen LogP contribution in [0.25, 0.3) is 0 Å². The van der Waals surface area contributed by atoms with Crippen molar-refractivity contribution < 1.29 is 9.84 Å². The summed E-state index contributed by atoms with van der Waals surface area (Å²) < 4.78 is 6.35. The zero-order valence-electron chi connectivity index (χ0n) is 14.8. The van der Waals surface area contributed by atoms with E-state index in [0.29, 0.717) is 29.4 Å². The Morgan fingerprint density at radius 2 is 2.12 bits per heavy atom. The van der Waals surface area contributed by atoms with Crippen LogP contribution in [-0.4, -0.2) is 16.8 Å². The maximum Gasteiger partial charge on any atom is 0.281 e. The Labute approximate surface area is 156 Å². The van der Waals surface area contributed by atoms with Crippen molar-refractivity contribution in [2.75, 3.05) is 7.11 Å². The Morgan fingerprint density at radius 3 is 2.73 bits per heavy atom. The highest BCUT2D eigenvalue weighted by Gasteiger charge is 2.19. The standard InChI is InChI=1S/C18H19ClN4O3/c1-4-5-8-23-17(24)13(10-20)11(2)16(18(23)25)22-21-14-9-12(19)6-7-15(14)26-3/h6-7,9,24H,4-5,8H2,1-3H3. The van der Waals surface area contributed by atoms with E-state index in [-0.39, 0.29) is 22.7 Å². The molecule has 7 nitrogen and oxygen atoms in total. The molecule has 0 aliphatic carbocycles. The molecule has 0 amide bonds. The predicted molar refractivity (Wildman–Crippen MR) is 98.9 cm³/mol. The summed E-state index contributed by atoms with van der Waals surface area (Å²) in [5.41, 5.74) is 0.125. The van der Waals surface area contributed by atoms with Crippen molar-refractivity contribution in [2.45, 2.75) is 33.2 Å². The minimum atomic E-state index is -0.503. The van der Waals surface area contributed by atoms with E-state index in [4.69, 9.17) is 16.3 Å². The Bertz CT molecular complexity index is 945. The van der Waals surface area contributed by atoms with E-state index in [1.807, 2.05) is 13.0 Å². The summed E-state index contributed by atoms with van der Waals surface area (Å²) in [6, 6.07) is 6.77. The number of hydrogen-bond donors (Lipinski definition) is 1. The predicted octanol–water partition coefficient (Wildman–Crippen LogP) is 4.61. The average Bonchev–Trinajstić information content (AvgIpc) is 2.62.